The third-order valence-electron chi connectivity index (χ3n) is 8.97. The Balaban J connectivity index is 1.27. The third-order valence-corrected chi connectivity index (χ3v) is 8.97. The van der Waals surface area contributed by atoms with E-state index >= 15 is 0 Å². The zero-order valence-corrected chi connectivity index (χ0v) is 25.8. The summed E-state index contributed by atoms with van der Waals surface area (Å²) >= 11 is 0. The van der Waals surface area contributed by atoms with Gasteiger partial charge in [0, 0.05) is 56.6 Å². The molecule has 0 radical (unpaired) electrons. The normalized spacial score (nSPS) is 13.6. The molecule has 7 aromatic rings. The molecule has 4 aromatic carbocycles. The fraction of sp³-hybridized carbons (Fsp3) is 0.0541. The summed E-state index contributed by atoms with van der Waals surface area (Å²) in [5.74, 6) is -0.331. The molecule has 238 valence electrons. The molecule has 3 aromatic heterocycles. The first-order valence-corrected chi connectivity index (χ1v) is 15.8. The fourth-order valence-electron chi connectivity index (χ4n) is 6.56. The van der Waals surface area contributed by atoms with Gasteiger partial charge in [0.15, 0.2) is 23.3 Å². The van der Waals surface area contributed by atoms with Crippen LogP contribution in [0.5, 0.6) is 0 Å². The summed E-state index contributed by atoms with van der Waals surface area (Å²) in [5.41, 5.74) is 5.08. The standard InChI is InChI=1S/C37H21N9O4/c47-27-15-16-28(48)46(27)50-37(49)18-13-14-25-26(17-18)36-44-34-24-12-6-5-11-23(24)32(42-34)40-30-20-8-2-1-7-19(20)29(38-30)39-31-21-9-3-4-10-22(21)33(41-31)43-35(25)45-36/h1-14,17H,15-16H2,(H2,38,39,40,41,42,43,44,45). The molecule has 10 rings (SSSR count). The lowest BCUT2D eigenvalue weighted by Gasteiger charge is -2.12. The van der Waals surface area contributed by atoms with Crippen LogP contribution in [-0.2, 0) is 14.4 Å². The van der Waals surface area contributed by atoms with E-state index in [1.165, 1.54) is 0 Å². The number of carbonyl (C=O) groups excluding carboxylic acids is 3. The largest absolute Gasteiger partial charge is 0.363 e. The van der Waals surface area contributed by atoms with Crippen molar-refractivity contribution in [2.75, 3.05) is 0 Å². The summed E-state index contributed by atoms with van der Waals surface area (Å²) in [5, 5.41) is 3.82. The third kappa shape index (κ3) is 4.23. The van der Waals surface area contributed by atoms with E-state index in [9.17, 15) is 14.4 Å². The second kappa shape index (κ2) is 10.4. The predicted molar refractivity (Wildman–Crippen MR) is 183 cm³/mol. The van der Waals surface area contributed by atoms with E-state index < -0.39 is 17.8 Å². The Morgan fingerprint density at radius 2 is 0.920 bits per heavy atom. The van der Waals surface area contributed by atoms with E-state index in [0.29, 0.717) is 56.3 Å². The molecule has 3 aliphatic rings. The molecule has 1 fully saturated rings. The number of hydrogen-bond donors (Lipinski definition) is 2. The van der Waals surface area contributed by atoms with Gasteiger partial charge in [-0.1, -0.05) is 72.8 Å². The maximum atomic E-state index is 13.2. The molecule has 2 amide bonds. The Kier molecular flexibility index (Phi) is 5.82. The summed E-state index contributed by atoms with van der Waals surface area (Å²) in [4.78, 5) is 79.1. The fourth-order valence-corrected chi connectivity index (χ4v) is 6.56. The van der Waals surface area contributed by atoms with Crippen LogP contribution in [0, 0.1) is 0 Å². The van der Waals surface area contributed by atoms with Gasteiger partial charge in [-0.3, -0.25) is 9.59 Å². The molecule has 0 aliphatic carbocycles. The number of aromatic amines is 2. The number of carbonyl (C=O) groups is 3. The Bertz CT molecular complexity index is 2820. The Hall–Kier alpha value is -7.15. The lowest BCUT2D eigenvalue weighted by molar-refractivity contribution is -0.172. The molecular weight excluding hydrogens is 634 g/mol. The van der Waals surface area contributed by atoms with Crippen LogP contribution in [0.15, 0.2) is 91.0 Å². The quantitative estimate of drug-likeness (QED) is 0.208. The predicted octanol–water partition coefficient (Wildman–Crippen LogP) is 6.09. The van der Waals surface area contributed by atoms with Crippen LogP contribution in [0.1, 0.15) is 23.2 Å². The van der Waals surface area contributed by atoms with Gasteiger partial charge in [0.25, 0.3) is 11.8 Å². The molecule has 13 nitrogen and oxygen atoms in total. The van der Waals surface area contributed by atoms with E-state index in [1.54, 1.807) is 18.2 Å². The van der Waals surface area contributed by atoms with Crippen LogP contribution < -0.4 is 0 Å². The summed E-state index contributed by atoms with van der Waals surface area (Å²) in [6.07, 6.45) is -0.0162. The minimum absolute atomic E-state index is 0.00812. The molecule has 3 aliphatic heterocycles. The number of imide groups is 1. The smallest absolute Gasteiger partial charge is 0.325 e. The second-order valence-electron chi connectivity index (χ2n) is 12.0. The Labute approximate surface area is 280 Å². The molecular formula is C37H21N9O4. The van der Waals surface area contributed by atoms with Gasteiger partial charge in [0.1, 0.15) is 22.6 Å². The molecule has 50 heavy (non-hydrogen) atoms. The maximum absolute atomic E-state index is 13.2. The molecule has 0 spiro atoms. The van der Waals surface area contributed by atoms with Crippen molar-refractivity contribution in [1.82, 2.24) is 44.9 Å². The molecule has 0 saturated carbocycles. The highest BCUT2D eigenvalue weighted by molar-refractivity contribution is 6.07. The molecule has 6 heterocycles. The number of benzene rings is 4. The van der Waals surface area contributed by atoms with Gasteiger partial charge in [0.2, 0.25) is 0 Å². The van der Waals surface area contributed by atoms with Crippen molar-refractivity contribution >= 4 is 61.9 Å². The molecule has 8 bridgehead atoms. The van der Waals surface area contributed by atoms with Gasteiger partial charge in [-0.05, 0) is 18.2 Å². The van der Waals surface area contributed by atoms with Gasteiger partial charge in [-0.2, -0.15) is 0 Å². The van der Waals surface area contributed by atoms with Gasteiger partial charge in [0.05, 0.1) is 5.56 Å². The number of amides is 2. The Morgan fingerprint density at radius 3 is 1.38 bits per heavy atom. The van der Waals surface area contributed by atoms with Crippen molar-refractivity contribution in [3.8, 4) is 45.6 Å². The number of H-pyrrole nitrogens is 2. The zero-order chi connectivity index (χ0) is 33.5. The average molecular weight is 656 g/mol. The van der Waals surface area contributed by atoms with Crippen LogP contribution in [0.4, 0.5) is 0 Å². The number of nitrogens with zero attached hydrogens (tertiary/aromatic N) is 7. The van der Waals surface area contributed by atoms with Gasteiger partial charge < -0.3 is 14.8 Å². The molecule has 0 atom stereocenters. The lowest BCUT2D eigenvalue weighted by Crippen LogP contribution is -2.32. The van der Waals surface area contributed by atoms with Crippen LogP contribution >= 0.6 is 0 Å². The number of hydrogen-bond acceptors (Lipinski definition) is 10. The highest BCUT2D eigenvalue weighted by Crippen LogP contribution is 2.37. The van der Waals surface area contributed by atoms with E-state index in [-0.39, 0.29) is 24.2 Å². The highest BCUT2D eigenvalue weighted by atomic mass is 16.7. The molecule has 13 heteroatoms. The molecule has 0 unspecified atom stereocenters. The second-order valence-corrected chi connectivity index (χ2v) is 12.0. The van der Waals surface area contributed by atoms with Crippen molar-refractivity contribution in [1.29, 1.82) is 0 Å². The van der Waals surface area contributed by atoms with Crippen LogP contribution in [0.3, 0.4) is 0 Å². The number of aromatic nitrogens is 8. The average Bonchev–Trinajstić information content (AvgIpc) is 3.93. The molecule has 2 N–H and O–H groups in total. The first-order chi connectivity index (χ1) is 24.5. The van der Waals surface area contributed by atoms with Crippen molar-refractivity contribution in [3.63, 3.8) is 0 Å². The van der Waals surface area contributed by atoms with E-state index in [0.717, 1.165) is 32.7 Å². The summed E-state index contributed by atoms with van der Waals surface area (Å²) in [6.45, 7) is 0. The minimum Gasteiger partial charge on any atom is -0.325 e. The number of rotatable bonds is 2. The summed E-state index contributed by atoms with van der Waals surface area (Å²) in [7, 11) is 0. The monoisotopic (exact) mass is 655 g/mol. The van der Waals surface area contributed by atoms with E-state index in [1.807, 2.05) is 72.8 Å². The first kappa shape index (κ1) is 27.9. The number of hydroxylamine groups is 2. The van der Waals surface area contributed by atoms with Crippen LogP contribution in [0.2, 0.25) is 0 Å². The Morgan fingerprint density at radius 1 is 0.520 bits per heavy atom. The highest BCUT2D eigenvalue weighted by Gasteiger charge is 2.33. The van der Waals surface area contributed by atoms with Crippen molar-refractivity contribution in [2.45, 2.75) is 12.8 Å². The van der Waals surface area contributed by atoms with Crippen molar-refractivity contribution in [2.24, 2.45) is 0 Å². The van der Waals surface area contributed by atoms with Crippen molar-refractivity contribution < 1.29 is 19.2 Å². The zero-order valence-electron chi connectivity index (χ0n) is 25.8. The summed E-state index contributed by atoms with van der Waals surface area (Å²) in [6, 6.07) is 28.2. The van der Waals surface area contributed by atoms with Gasteiger partial charge in [-0.25, -0.2) is 34.7 Å². The maximum Gasteiger partial charge on any atom is 0.363 e. The topological polar surface area (TPSA) is 173 Å². The minimum atomic E-state index is -0.860. The number of fused-ring (bicyclic) bond motifs is 20. The van der Waals surface area contributed by atoms with E-state index in [2.05, 4.69) is 9.97 Å². The summed E-state index contributed by atoms with van der Waals surface area (Å²) < 4.78 is 0. The van der Waals surface area contributed by atoms with Crippen LogP contribution in [-0.4, -0.2) is 62.7 Å². The van der Waals surface area contributed by atoms with E-state index in [4.69, 9.17) is 34.7 Å². The first-order valence-electron chi connectivity index (χ1n) is 15.8. The van der Waals surface area contributed by atoms with Gasteiger partial charge in [-0.15, -0.1) is 5.06 Å². The lowest BCUT2D eigenvalue weighted by atomic mass is 10.0. The van der Waals surface area contributed by atoms with Crippen LogP contribution in [0.25, 0.3) is 89.7 Å². The molecule has 1 saturated heterocycles. The van der Waals surface area contributed by atoms with Gasteiger partial charge >= 0.3 is 5.97 Å². The SMILES string of the molecule is O=C(ON1C(=O)CCC1=O)c1ccc2c(c1)-c1nc-2nc2[nH]c(nc3nc(nc4[nH]c(n1)c1ccccc41)-c1ccccc1-3)c1ccccc21. The number of nitrogens with one attached hydrogen (secondary N) is 2. The van der Waals surface area contributed by atoms with Crippen molar-refractivity contribution in [3.05, 3.63) is 96.6 Å².